The molecule has 3 heteroatoms. The zero-order valence-electron chi connectivity index (χ0n) is 9.08. The summed E-state index contributed by atoms with van der Waals surface area (Å²) in [6.45, 7) is 6.38. The average Bonchev–Trinajstić information content (AvgIpc) is 2.15. The van der Waals surface area contributed by atoms with Gasteiger partial charge in [-0.05, 0) is 31.7 Å². The van der Waals surface area contributed by atoms with Crippen LogP contribution in [0.4, 0.5) is 5.82 Å². The van der Waals surface area contributed by atoms with Crippen LogP contribution in [0, 0.1) is 6.92 Å². The van der Waals surface area contributed by atoms with Crippen LogP contribution in [-0.4, -0.2) is 22.5 Å². The van der Waals surface area contributed by atoms with Crippen LogP contribution in [0.15, 0.2) is 18.2 Å². The van der Waals surface area contributed by atoms with Gasteiger partial charge in [-0.2, -0.15) is 11.8 Å². The van der Waals surface area contributed by atoms with Crippen molar-refractivity contribution in [3.63, 3.8) is 0 Å². The number of aromatic nitrogens is 1. The van der Waals surface area contributed by atoms with Gasteiger partial charge in [0.25, 0.3) is 0 Å². The number of hydrogen-bond donors (Lipinski definition) is 1. The summed E-state index contributed by atoms with van der Waals surface area (Å²) in [5, 5.41) is 3.39. The number of aryl methyl sites for hydroxylation is 1. The molecule has 1 aromatic rings. The third-order valence-electron chi connectivity index (χ3n) is 1.85. The Hall–Kier alpha value is -0.700. The fourth-order valence-corrected chi connectivity index (χ4v) is 1.88. The number of anilines is 1. The standard InChI is InChI=1S/C11H18N2S/c1-4-14-8-10(3)13-11-7-5-6-9(2)12-11/h5-7,10H,4,8H2,1-3H3,(H,12,13). The molecular formula is C11H18N2S. The molecule has 0 saturated carbocycles. The fraction of sp³-hybridized carbons (Fsp3) is 0.545. The minimum atomic E-state index is 0.481. The summed E-state index contributed by atoms with van der Waals surface area (Å²) in [5.41, 5.74) is 1.06. The minimum Gasteiger partial charge on any atom is -0.367 e. The summed E-state index contributed by atoms with van der Waals surface area (Å²) in [5.74, 6) is 3.29. The molecule has 0 aliphatic heterocycles. The van der Waals surface area contributed by atoms with Gasteiger partial charge in [0.05, 0.1) is 0 Å². The molecule has 1 atom stereocenters. The second-order valence-electron chi connectivity index (χ2n) is 3.37. The van der Waals surface area contributed by atoms with Crippen molar-refractivity contribution >= 4 is 17.6 Å². The Morgan fingerprint density at radius 3 is 2.93 bits per heavy atom. The van der Waals surface area contributed by atoms with Crippen LogP contribution in [-0.2, 0) is 0 Å². The normalized spacial score (nSPS) is 12.5. The molecule has 0 aliphatic carbocycles. The van der Waals surface area contributed by atoms with E-state index in [9.17, 15) is 0 Å². The van der Waals surface area contributed by atoms with Crippen LogP contribution in [0.5, 0.6) is 0 Å². The molecule has 1 aromatic heterocycles. The van der Waals surface area contributed by atoms with E-state index in [1.807, 2.05) is 36.9 Å². The Morgan fingerprint density at radius 1 is 1.50 bits per heavy atom. The maximum atomic E-state index is 4.40. The molecule has 0 bridgehead atoms. The zero-order chi connectivity index (χ0) is 10.4. The lowest BCUT2D eigenvalue weighted by molar-refractivity contribution is 0.899. The molecule has 2 nitrogen and oxygen atoms in total. The van der Waals surface area contributed by atoms with E-state index >= 15 is 0 Å². The number of rotatable bonds is 5. The van der Waals surface area contributed by atoms with E-state index < -0.39 is 0 Å². The van der Waals surface area contributed by atoms with Crippen molar-refractivity contribution < 1.29 is 0 Å². The molecule has 0 saturated heterocycles. The smallest absolute Gasteiger partial charge is 0.126 e. The van der Waals surface area contributed by atoms with Gasteiger partial charge in [0, 0.05) is 17.5 Å². The van der Waals surface area contributed by atoms with Crippen LogP contribution in [0.1, 0.15) is 19.5 Å². The Kier molecular flexibility index (Phi) is 4.80. The first-order valence-electron chi connectivity index (χ1n) is 5.00. The van der Waals surface area contributed by atoms with Gasteiger partial charge in [-0.3, -0.25) is 0 Å². The van der Waals surface area contributed by atoms with Crippen molar-refractivity contribution in [3.05, 3.63) is 23.9 Å². The first-order valence-corrected chi connectivity index (χ1v) is 6.15. The molecule has 0 fully saturated rings. The summed E-state index contributed by atoms with van der Waals surface area (Å²) >= 11 is 1.95. The molecule has 1 N–H and O–H groups in total. The minimum absolute atomic E-state index is 0.481. The monoisotopic (exact) mass is 210 g/mol. The van der Waals surface area contributed by atoms with Crippen LogP contribution in [0.3, 0.4) is 0 Å². The van der Waals surface area contributed by atoms with Crippen molar-refractivity contribution in [2.75, 3.05) is 16.8 Å². The van der Waals surface area contributed by atoms with Crippen LogP contribution in [0.2, 0.25) is 0 Å². The summed E-state index contributed by atoms with van der Waals surface area (Å²) in [6.07, 6.45) is 0. The summed E-state index contributed by atoms with van der Waals surface area (Å²) in [7, 11) is 0. The van der Waals surface area contributed by atoms with Crippen LogP contribution >= 0.6 is 11.8 Å². The van der Waals surface area contributed by atoms with Gasteiger partial charge in [0.1, 0.15) is 5.82 Å². The van der Waals surface area contributed by atoms with Gasteiger partial charge in [-0.15, -0.1) is 0 Å². The van der Waals surface area contributed by atoms with Crippen LogP contribution in [0.25, 0.3) is 0 Å². The number of nitrogens with one attached hydrogen (secondary N) is 1. The van der Waals surface area contributed by atoms with Crippen molar-refractivity contribution in [2.45, 2.75) is 26.8 Å². The predicted molar refractivity (Wildman–Crippen MR) is 65.1 cm³/mol. The highest BCUT2D eigenvalue weighted by Gasteiger charge is 2.01. The second kappa shape index (κ2) is 5.91. The van der Waals surface area contributed by atoms with Gasteiger partial charge in [0.15, 0.2) is 0 Å². The Balaban J connectivity index is 2.43. The molecule has 0 radical (unpaired) electrons. The Labute approximate surface area is 90.5 Å². The third kappa shape index (κ3) is 4.01. The van der Waals surface area contributed by atoms with Gasteiger partial charge >= 0.3 is 0 Å². The third-order valence-corrected chi connectivity index (χ3v) is 3.00. The molecule has 0 aromatic carbocycles. The molecular weight excluding hydrogens is 192 g/mol. The summed E-state index contributed by atoms with van der Waals surface area (Å²) in [4.78, 5) is 4.40. The highest BCUT2D eigenvalue weighted by molar-refractivity contribution is 7.99. The first-order chi connectivity index (χ1) is 6.72. The lowest BCUT2D eigenvalue weighted by Crippen LogP contribution is -2.18. The van der Waals surface area contributed by atoms with Crippen molar-refractivity contribution in [2.24, 2.45) is 0 Å². The molecule has 0 amide bonds. The van der Waals surface area contributed by atoms with Crippen molar-refractivity contribution in [1.82, 2.24) is 4.98 Å². The fourth-order valence-electron chi connectivity index (χ4n) is 1.21. The van der Waals surface area contributed by atoms with E-state index in [0.717, 1.165) is 17.3 Å². The summed E-state index contributed by atoms with van der Waals surface area (Å²) in [6, 6.07) is 6.54. The molecule has 1 unspecified atom stereocenters. The second-order valence-corrected chi connectivity index (χ2v) is 4.69. The topological polar surface area (TPSA) is 24.9 Å². The average molecular weight is 210 g/mol. The highest BCUT2D eigenvalue weighted by Crippen LogP contribution is 2.09. The van der Waals surface area contributed by atoms with Gasteiger partial charge in [0.2, 0.25) is 0 Å². The van der Waals surface area contributed by atoms with E-state index in [1.54, 1.807) is 0 Å². The lowest BCUT2D eigenvalue weighted by Gasteiger charge is -2.13. The number of hydrogen-bond acceptors (Lipinski definition) is 3. The SMILES string of the molecule is CCSCC(C)Nc1cccc(C)n1. The number of thioether (sulfide) groups is 1. The van der Waals surface area contributed by atoms with Crippen molar-refractivity contribution in [1.29, 1.82) is 0 Å². The van der Waals surface area contributed by atoms with E-state index in [4.69, 9.17) is 0 Å². The molecule has 14 heavy (non-hydrogen) atoms. The Bertz CT molecular complexity index is 276. The molecule has 0 spiro atoms. The zero-order valence-corrected chi connectivity index (χ0v) is 9.90. The molecule has 78 valence electrons. The van der Waals surface area contributed by atoms with E-state index in [0.29, 0.717) is 6.04 Å². The largest absolute Gasteiger partial charge is 0.367 e. The number of pyridine rings is 1. The van der Waals surface area contributed by atoms with Crippen molar-refractivity contribution in [3.8, 4) is 0 Å². The van der Waals surface area contributed by atoms with E-state index in [2.05, 4.69) is 24.1 Å². The molecule has 1 rings (SSSR count). The van der Waals surface area contributed by atoms with Gasteiger partial charge in [-0.25, -0.2) is 4.98 Å². The van der Waals surface area contributed by atoms with Gasteiger partial charge in [-0.1, -0.05) is 13.0 Å². The maximum Gasteiger partial charge on any atom is 0.126 e. The van der Waals surface area contributed by atoms with Gasteiger partial charge < -0.3 is 5.32 Å². The molecule has 1 heterocycles. The predicted octanol–water partition coefficient (Wildman–Crippen LogP) is 2.94. The lowest BCUT2D eigenvalue weighted by atomic mass is 10.3. The highest BCUT2D eigenvalue weighted by atomic mass is 32.2. The van der Waals surface area contributed by atoms with Crippen LogP contribution < -0.4 is 5.32 Å². The van der Waals surface area contributed by atoms with E-state index in [1.165, 1.54) is 5.75 Å². The summed E-state index contributed by atoms with van der Waals surface area (Å²) < 4.78 is 0. The Morgan fingerprint density at radius 2 is 2.29 bits per heavy atom. The quantitative estimate of drug-likeness (QED) is 0.809. The maximum absolute atomic E-state index is 4.40. The first kappa shape index (κ1) is 11.4. The molecule has 0 aliphatic rings. The number of nitrogens with zero attached hydrogens (tertiary/aromatic N) is 1. The van der Waals surface area contributed by atoms with E-state index in [-0.39, 0.29) is 0 Å².